The van der Waals surface area contributed by atoms with Crippen LogP contribution in [0.2, 0.25) is 0 Å². The lowest BCUT2D eigenvalue weighted by atomic mass is 9.93. The number of rotatable bonds is 5. The van der Waals surface area contributed by atoms with E-state index < -0.39 is 0 Å². The lowest BCUT2D eigenvalue weighted by molar-refractivity contribution is 0.0872. The van der Waals surface area contributed by atoms with Crippen LogP contribution in [0.4, 0.5) is 0 Å². The topological polar surface area (TPSA) is 20.3 Å². The smallest absolute Gasteiger partial charge is 0.166 e. The van der Waals surface area contributed by atoms with E-state index in [-0.39, 0.29) is 11.7 Å². The Labute approximate surface area is 116 Å². The highest BCUT2D eigenvalue weighted by molar-refractivity contribution is 5.97. The van der Waals surface area contributed by atoms with Crippen LogP contribution < -0.4 is 0 Å². The fraction of sp³-hybridized carbons (Fsp3) is 0.588. The van der Waals surface area contributed by atoms with Gasteiger partial charge in [-0.25, -0.2) is 0 Å². The number of nitrogens with zero attached hydrogens (tertiary/aromatic N) is 1. The number of carbonyl (C=O) groups excluding carboxylic acids is 1. The van der Waals surface area contributed by atoms with E-state index in [0.29, 0.717) is 6.04 Å². The van der Waals surface area contributed by atoms with Crippen molar-refractivity contribution in [3.05, 3.63) is 35.9 Å². The van der Waals surface area contributed by atoms with Crippen molar-refractivity contribution in [2.45, 2.75) is 45.1 Å². The van der Waals surface area contributed by atoms with E-state index >= 15 is 0 Å². The van der Waals surface area contributed by atoms with Gasteiger partial charge in [0.05, 0.1) is 0 Å². The van der Waals surface area contributed by atoms with Gasteiger partial charge < -0.3 is 4.90 Å². The maximum Gasteiger partial charge on any atom is 0.166 e. The Bertz CT molecular complexity index is 395. The summed E-state index contributed by atoms with van der Waals surface area (Å²) in [6, 6.07) is 10.3. The number of hydrogen-bond acceptors (Lipinski definition) is 2. The molecule has 1 aliphatic rings. The third-order valence-corrected chi connectivity index (χ3v) is 4.27. The maximum absolute atomic E-state index is 12.3. The van der Waals surface area contributed by atoms with Crippen LogP contribution in [0.3, 0.4) is 0 Å². The molecule has 2 nitrogen and oxygen atoms in total. The SMILES string of the molecule is CC(CN(C)C1CCCCC1)C(=O)c1ccccc1. The summed E-state index contributed by atoms with van der Waals surface area (Å²) in [5.41, 5.74) is 0.840. The van der Waals surface area contributed by atoms with Gasteiger partial charge >= 0.3 is 0 Å². The van der Waals surface area contributed by atoms with Crippen molar-refractivity contribution in [3.63, 3.8) is 0 Å². The minimum Gasteiger partial charge on any atom is -0.303 e. The average Bonchev–Trinajstić information content (AvgIpc) is 2.48. The highest BCUT2D eigenvalue weighted by Crippen LogP contribution is 2.22. The Hall–Kier alpha value is -1.15. The normalized spacial score (nSPS) is 18.5. The third kappa shape index (κ3) is 3.90. The van der Waals surface area contributed by atoms with E-state index in [1.54, 1.807) is 0 Å². The zero-order valence-corrected chi connectivity index (χ0v) is 12.1. The van der Waals surface area contributed by atoms with Gasteiger partial charge in [0.1, 0.15) is 0 Å². The molecule has 1 saturated carbocycles. The average molecular weight is 259 g/mol. The molecule has 1 aromatic rings. The molecule has 2 rings (SSSR count). The van der Waals surface area contributed by atoms with Crippen molar-refractivity contribution in [1.29, 1.82) is 0 Å². The molecule has 1 fully saturated rings. The van der Waals surface area contributed by atoms with Gasteiger partial charge in [-0.3, -0.25) is 4.79 Å². The summed E-state index contributed by atoms with van der Waals surface area (Å²) in [6.45, 7) is 2.92. The van der Waals surface area contributed by atoms with Crippen molar-refractivity contribution in [2.24, 2.45) is 5.92 Å². The van der Waals surface area contributed by atoms with Crippen LogP contribution in [-0.2, 0) is 0 Å². The number of ketones is 1. The number of benzene rings is 1. The largest absolute Gasteiger partial charge is 0.303 e. The van der Waals surface area contributed by atoms with Crippen molar-refractivity contribution in [1.82, 2.24) is 4.90 Å². The molecule has 104 valence electrons. The quantitative estimate of drug-likeness (QED) is 0.750. The highest BCUT2D eigenvalue weighted by atomic mass is 16.1. The van der Waals surface area contributed by atoms with E-state index in [4.69, 9.17) is 0 Å². The van der Waals surface area contributed by atoms with Gasteiger partial charge in [0, 0.05) is 24.1 Å². The van der Waals surface area contributed by atoms with Crippen molar-refractivity contribution in [3.8, 4) is 0 Å². The molecule has 1 aromatic carbocycles. The van der Waals surface area contributed by atoms with Crippen LogP contribution in [0.1, 0.15) is 49.4 Å². The van der Waals surface area contributed by atoms with Crippen molar-refractivity contribution < 1.29 is 4.79 Å². The molecular formula is C17H25NO. The second-order valence-corrected chi connectivity index (χ2v) is 5.86. The summed E-state index contributed by atoms with van der Waals surface area (Å²) in [7, 11) is 2.17. The molecule has 0 aliphatic heterocycles. The van der Waals surface area contributed by atoms with E-state index in [9.17, 15) is 4.79 Å². The summed E-state index contributed by atoms with van der Waals surface area (Å²) < 4.78 is 0. The van der Waals surface area contributed by atoms with E-state index in [1.165, 1.54) is 32.1 Å². The fourth-order valence-corrected chi connectivity index (χ4v) is 3.07. The van der Waals surface area contributed by atoms with Crippen LogP contribution in [0.25, 0.3) is 0 Å². The van der Waals surface area contributed by atoms with Crippen molar-refractivity contribution >= 4 is 5.78 Å². The van der Waals surface area contributed by atoms with Gasteiger partial charge in [-0.1, -0.05) is 56.5 Å². The molecule has 0 N–H and O–H groups in total. The van der Waals surface area contributed by atoms with E-state index in [2.05, 4.69) is 18.9 Å². The van der Waals surface area contributed by atoms with Crippen LogP contribution in [-0.4, -0.2) is 30.3 Å². The van der Waals surface area contributed by atoms with Gasteiger partial charge in [0.2, 0.25) is 0 Å². The molecule has 1 unspecified atom stereocenters. The minimum absolute atomic E-state index is 0.0781. The van der Waals surface area contributed by atoms with Crippen LogP contribution in [0, 0.1) is 5.92 Å². The monoisotopic (exact) mass is 259 g/mol. The summed E-state index contributed by atoms with van der Waals surface area (Å²) in [5, 5.41) is 0. The fourth-order valence-electron chi connectivity index (χ4n) is 3.07. The minimum atomic E-state index is 0.0781. The lowest BCUT2D eigenvalue weighted by Crippen LogP contribution is -2.38. The summed E-state index contributed by atoms with van der Waals surface area (Å²) in [4.78, 5) is 14.7. The Balaban J connectivity index is 1.89. The summed E-state index contributed by atoms with van der Waals surface area (Å²) in [6.07, 6.45) is 6.65. The molecule has 0 spiro atoms. The zero-order valence-electron chi connectivity index (χ0n) is 12.1. The first-order valence-corrected chi connectivity index (χ1v) is 7.48. The van der Waals surface area contributed by atoms with Gasteiger partial charge in [-0.05, 0) is 19.9 Å². The number of hydrogen-bond donors (Lipinski definition) is 0. The lowest BCUT2D eigenvalue weighted by Gasteiger charge is -2.32. The highest BCUT2D eigenvalue weighted by Gasteiger charge is 2.22. The molecular weight excluding hydrogens is 234 g/mol. The van der Waals surface area contributed by atoms with Gasteiger partial charge in [-0.2, -0.15) is 0 Å². The Morgan fingerprint density at radius 3 is 2.47 bits per heavy atom. The molecule has 19 heavy (non-hydrogen) atoms. The molecule has 0 amide bonds. The van der Waals surface area contributed by atoms with Crippen LogP contribution >= 0.6 is 0 Å². The second-order valence-electron chi connectivity index (χ2n) is 5.86. The molecule has 0 saturated heterocycles. The predicted molar refractivity (Wildman–Crippen MR) is 79.4 cm³/mol. The molecule has 0 bridgehead atoms. The van der Waals surface area contributed by atoms with E-state index in [1.807, 2.05) is 30.3 Å². The maximum atomic E-state index is 12.3. The van der Waals surface area contributed by atoms with Gasteiger partial charge in [0.15, 0.2) is 5.78 Å². The Kier molecular flexibility index (Phi) is 5.15. The molecule has 0 aromatic heterocycles. The zero-order chi connectivity index (χ0) is 13.7. The molecule has 0 radical (unpaired) electrons. The molecule has 1 atom stereocenters. The first-order chi connectivity index (χ1) is 9.18. The van der Waals surface area contributed by atoms with Crippen molar-refractivity contribution in [2.75, 3.05) is 13.6 Å². The second kappa shape index (κ2) is 6.85. The molecule has 1 aliphatic carbocycles. The molecule has 2 heteroatoms. The van der Waals surface area contributed by atoms with E-state index in [0.717, 1.165) is 12.1 Å². The van der Waals surface area contributed by atoms with Gasteiger partial charge in [0.25, 0.3) is 0 Å². The van der Waals surface area contributed by atoms with Crippen LogP contribution in [0.15, 0.2) is 30.3 Å². The Morgan fingerprint density at radius 1 is 1.21 bits per heavy atom. The first kappa shape index (κ1) is 14.3. The van der Waals surface area contributed by atoms with Gasteiger partial charge in [-0.15, -0.1) is 0 Å². The van der Waals surface area contributed by atoms with Crippen LogP contribution in [0.5, 0.6) is 0 Å². The number of carbonyl (C=O) groups is 1. The predicted octanol–water partition coefficient (Wildman–Crippen LogP) is 3.77. The third-order valence-electron chi connectivity index (χ3n) is 4.27. The number of Topliss-reactive ketones (excluding diaryl/α,β-unsaturated/α-hetero) is 1. The first-order valence-electron chi connectivity index (χ1n) is 7.48. The summed E-state index contributed by atoms with van der Waals surface area (Å²) in [5.74, 6) is 0.345. The molecule has 0 heterocycles. The summed E-state index contributed by atoms with van der Waals surface area (Å²) >= 11 is 0. The standard InChI is InChI=1S/C17H25NO/c1-14(17(19)15-9-5-3-6-10-15)13-18(2)16-11-7-4-8-12-16/h3,5-6,9-10,14,16H,4,7-8,11-13H2,1-2H3. The Morgan fingerprint density at radius 2 is 1.84 bits per heavy atom.